The maximum absolute atomic E-state index is 13.9. The molecule has 300 valence electrons. The van der Waals surface area contributed by atoms with Crippen molar-refractivity contribution < 1.29 is 28.7 Å². The quantitative estimate of drug-likeness (QED) is 0.118. The molecule has 2 aromatic heterocycles. The average molecular weight is 778 g/mol. The van der Waals surface area contributed by atoms with Crippen molar-refractivity contribution in [1.82, 2.24) is 41.6 Å². The van der Waals surface area contributed by atoms with Crippen LogP contribution in [0.2, 0.25) is 0 Å². The predicted octanol–water partition coefficient (Wildman–Crippen LogP) is 5.33. The Balaban J connectivity index is 1.10. The van der Waals surface area contributed by atoms with Gasteiger partial charge in [0.05, 0.1) is 0 Å². The third kappa shape index (κ3) is 11.3. The van der Waals surface area contributed by atoms with Gasteiger partial charge in [0, 0.05) is 54.4 Å². The first-order valence-corrected chi connectivity index (χ1v) is 19.6. The number of benzene rings is 2. The molecule has 6 rings (SSSR count). The highest BCUT2D eigenvalue weighted by Gasteiger charge is 2.31. The summed E-state index contributed by atoms with van der Waals surface area (Å²) in [5.74, 6) is -0.862. The van der Waals surface area contributed by atoms with Crippen LogP contribution in [0.15, 0.2) is 60.8 Å². The molecule has 1 saturated heterocycles. The number of aryl methyl sites for hydroxylation is 1. The van der Waals surface area contributed by atoms with Crippen molar-refractivity contribution in [1.29, 1.82) is 0 Å². The molecule has 1 unspecified atom stereocenters. The number of Topliss-reactive ketones (excluding diaryl/α,β-unsaturated/α-hetero) is 1. The van der Waals surface area contributed by atoms with Crippen LogP contribution in [-0.4, -0.2) is 79.9 Å². The van der Waals surface area contributed by atoms with Gasteiger partial charge < -0.3 is 26.0 Å². The highest BCUT2D eigenvalue weighted by Crippen LogP contribution is 2.32. The molecule has 1 aliphatic heterocycles. The Morgan fingerprint density at radius 1 is 0.947 bits per heavy atom. The molecule has 4 amide bonds. The number of alkyl carbamates (subject to hydrolysis) is 1. The number of hydrogen-bond acceptors (Lipinski definition) is 10. The average Bonchev–Trinajstić information content (AvgIpc) is 3.73. The van der Waals surface area contributed by atoms with E-state index in [1.165, 1.54) is 0 Å². The van der Waals surface area contributed by atoms with E-state index >= 15 is 0 Å². The lowest BCUT2D eigenvalue weighted by molar-refractivity contribution is -0.129. The number of carbonyl (C=O) groups is 5. The van der Waals surface area contributed by atoms with E-state index in [0.717, 1.165) is 47.1 Å². The third-order valence-corrected chi connectivity index (χ3v) is 10.5. The highest BCUT2D eigenvalue weighted by molar-refractivity contribution is 5.97. The van der Waals surface area contributed by atoms with Gasteiger partial charge in [-0.3, -0.25) is 24.2 Å². The first-order valence-electron chi connectivity index (χ1n) is 19.6. The van der Waals surface area contributed by atoms with Gasteiger partial charge in [0.15, 0.2) is 0 Å². The van der Waals surface area contributed by atoms with Crippen LogP contribution in [-0.2, 0) is 25.5 Å². The number of tetrazole rings is 1. The van der Waals surface area contributed by atoms with Gasteiger partial charge in [-0.1, -0.05) is 24.3 Å². The summed E-state index contributed by atoms with van der Waals surface area (Å²) in [5, 5.41) is 25.5. The monoisotopic (exact) mass is 777 g/mol. The van der Waals surface area contributed by atoms with Gasteiger partial charge in [0.1, 0.15) is 23.1 Å². The fourth-order valence-corrected chi connectivity index (χ4v) is 7.36. The number of pyridine rings is 1. The van der Waals surface area contributed by atoms with Gasteiger partial charge >= 0.3 is 6.09 Å². The van der Waals surface area contributed by atoms with Crippen LogP contribution >= 0.6 is 0 Å². The Bertz CT molecular complexity index is 2040. The normalized spacial score (nSPS) is 18.8. The van der Waals surface area contributed by atoms with Gasteiger partial charge in [-0.15, -0.1) is 10.2 Å². The van der Waals surface area contributed by atoms with E-state index in [9.17, 15) is 24.0 Å². The largest absolute Gasteiger partial charge is 0.444 e. The molecule has 3 heterocycles. The molecule has 0 bridgehead atoms. The fourth-order valence-electron chi connectivity index (χ4n) is 7.36. The van der Waals surface area contributed by atoms with Gasteiger partial charge in [0.2, 0.25) is 17.6 Å². The molecular weight excluding hydrogens is 727 g/mol. The molecule has 1 aliphatic carbocycles. The lowest BCUT2D eigenvalue weighted by Gasteiger charge is -2.29. The minimum atomic E-state index is -0.626. The molecule has 0 spiro atoms. The fraction of sp³-hybridized carbons (Fsp3) is 0.452. The number of carbonyl (C=O) groups excluding carboxylic acids is 5. The summed E-state index contributed by atoms with van der Waals surface area (Å²) >= 11 is 0. The van der Waals surface area contributed by atoms with Crippen LogP contribution in [0, 0.1) is 24.7 Å². The van der Waals surface area contributed by atoms with E-state index in [0.29, 0.717) is 50.3 Å². The number of aromatic amines is 1. The van der Waals surface area contributed by atoms with E-state index in [-0.39, 0.29) is 41.5 Å². The Morgan fingerprint density at radius 2 is 1.67 bits per heavy atom. The van der Waals surface area contributed by atoms with Gasteiger partial charge in [-0.05, 0) is 131 Å². The molecule has 4 aromatic rings. The molecule has 15 heteroatoms. The molecular formula is C42H51N9O6. The van der Waals surface area contributed by atoms with Crippen LogP contribution < -0.4 is 21.3 Å². The molecule has 1 saturated carbocycles. The van der Waals surface area contributed by atoms with Gasteiger partial charge in [-0.2, -0.15) is 5.21 Å². The van der Waals surface area contributed by atoms with Crippen molar-refractivity contribution in [3.63, 3.8) is 0 Å². The van der Waals surface area contributed by atoms with E-state index in [1.807, 2.05) is 52.0 Å². The van der Waals surface area contributed by atoms with Crippen molar-refractivity contribution in [2.45, 2.75) is 90.7 Å². The van der Waals surface area contributed by atoms with Gasteiger partial charge in [0.25, 0.3) is 5.91 Å². The zero-order valence-corrected chi connectivity index (χ0v) is 32.9. The summed E-state index contributed by atoms with van der Waals surface area (Å²) in [5.41, 5.74) is 4.46. The number of hydrogen-bond donors (Lipinski definition) is 5. The lowest BCUT2D eigenvalue weighted by Crippen LogP contribution is -2.50. The lowest BCUT2D eigenvalue weighted by atomic mass is 9.77. The molecule has 0 radical (unpaired) electrons. The van der Waals surface area contributed by atoms with Crippen molar-refractivity contribution in [2.75, 3.05) is 18.4 Å². The second-order valence-corrected chi connectivity index (χ2v) is 16.0. The highest BCUT2D eigenvalue weighted by atomic mass is 16.6. The van der Waals surface area contributed by atoms with Crippen LogP contribution in [0.25, 0.3) is 22.5 Å². The maximum Gasteiger partial charge on any atom is 0.407 e. The number of amides is 4. The topological polar surface area (TPSA) is 210 Å². The van der Waals surface area contributed by atoms with Crippen LogP contribution in [0.3, 0.4) is 0 Å². The number of ether oxygens (including phenoxy) is 1. The number of aromatic nitrogens is 5. The molecule has 2 atom stereocenters. The Hall–Kier alpha value is -5.99. The summed E-state index contributed by atoms with van der Waals surface area (Å²) in [4.78, 5) is 69.3. The minimum absolute atomic E-state index is 0.0627. The van der Waals surface area contributed by atoms with E-state index in [2.05, 4.69) is 46.9 Å². The van der Waals surface area contributed by atoms with Crippen LogP contribution in [0.1, 0.15) is 87.3 Å². The first-order chi connectivity index (χ1) is 27.3. The van der Waals surface area contributed by atoms with Crippen molar-refractivity contribution >= 4 is 35.3 Å². The SMILES string of the molecule is Cc1cc(C(=O)NC2CCCNC2=O)ncc1-c1ccc(C[C@H](CC(=O)C2CCC(CNC(=O)OC(C)(C)C)CC2)C(=O)Nc2ccc(-c3nn[nH]n3)cc2)cc1. The Kier molecular flexibility index (Phi) is 13.1. The zero-order valence-electron chi connectivity index (χ0n) is 32.9. The van der Waals surface area contributed by atoms with Crippen molar-refractivity contribution in [2.24, 2.45) is 17.8 Å². The number of ketones is 1. The Morgan fingerprint density at radius 3 is 2.32 bits per heavy atom. The summed E-state index contributed by atoms with van der Waals surface area (Å²) < 4.78 is 5.36. The molecule has 15 nitrogen and oxygen atoms in total. The molecule has 5 N–H and O–H groups in total. The molecule has 57 heavy (non-hydrogen) atoms. The van der Waals surface area contributed by atoms with Gasteiger partial charge in [-0.25, -0.2) is 4.79 Å². The Labute approximate surface area is 331 Å². The molecule has 2 aliphatic rings. The summed E-state index contributed by atoms with van der Waals surface area (Å²) in [7, 11) is 0. The number of nitrogens with zero attached hydrogens (tertiary/aromatic N) is 4. The third-order valence-electron chi connectivity index (χ3n) is 10.5. The van der Waals surface area contributed by atoms with E-state index in [1.54, 1.807) is 36.5 Å². The number of anilines is 1. The van der Waals surface area contributed by atoms with E-state index in [4.69, 9.17) is 4.74 Å². The second kappa shape index (κ2) is 18.3. The standard InChI is InChI=1S/C42H51N9O6/c1-25-20-35(40(55)47-34-6-5-19-43-39(34)54)44-24-33(25)28-11-7-26(8-12-28)21-31(38(53)46-32-17-15-30(16-18-32)37-48-50-51-49-37)22-36(52)29-13-9-27(10-14-29)23-45-41(56)57-42(2,3)4/h7-8,11-12,15-18,20,24,27,29,31,34H,5-6,9-10,13-14,19,21-23H2,1-4H3,(H,43,54)(H,45,56)(H,46,53)(H,47,55)(H,48,49,50,51)/t27?,29?,31-,34?/m1/s1. The molecule has 2 aromatic carbocycles. The van der Waals surface area contributed by atoms with Crippen molar-refractivity contribution in [3.8, 4) is 22.5 Å². The predicted molar refractivity (Wildman–Crippen MR) is 213 cm³/mol. The minimum Gasteiger partial charge on any atom is -0.444 e. The van der Waals surface area contributed by atoms with E-state index < -0.39 is 29.6 Å². The van der Waals surface area contributed by atoms with Crippen LogP contribution in [0.5, 0.6) is 0 Å². The summed E-state index contributed by atoms with van der Waals surface area (Å²) in [6, 6.07) is 16.1. The number of H-pyrrole nitrogens is 1. The summed E-state index contributed by atoms with van der Waals surface area (Å²) in [6.45, 7) is 8.49. The maximum atomic E-state index is 13.9. The summed E-state index contributed by atoms with van der Waals surface area (Å²) in [6.07, 6.45) is 6.04. The van der Waals surface area contributed by atoms with Crippen LogP contribution in [0.4, 0.5) is 10.5 Å². The second-order valence-electron chi connectivity index (χ2n) is 16.0. The van der Waals surface area contributed by atoms with Crippen molar-refractivity contribution in [3.05, 3.63) is 77.6 Å². The first kappa shape index (κ1) is 40.7. The smallest absolute Gasteiger partial charge is 0.407 e. The number of piperidine rings is 1. The number of nitrogens with one attached hydrogen (secondary N) is 5. The zero-order chi connectivity index (χ0) is 40.5. The molecule has 2 fully saturated rings. The number of rotatable bonds is 13.